The van der Waals surface area contributed by atoms with Crippen molar-refractivity contribution in [3.05, 3.63) is 62.1 Å². The summed E-state index contributed by atoms with van der Waals surface area (Å²) in [6.45, 7) is 0. The van der Waals surface area contributed by atoms with Crippen LogP contribution in [0.25, 0.3) is 6.08 Å². The molecule has 3 rings (SSSR count). The average molecular weight is 456 g/mol. The van der Waals surface area contributed by atoms with Crippen molar-refractivity contribution in [1.82, 2.24) is 5.32 Å². The molecule has 4 amide bonds. The molecule has 1 fully saturated rings. The van der Waals surface area contributed by atoms with Gasteiger partial charge in [0.1, 0.15) is 11.3 Å². The summed E-state index contributed by atoms with van der Waals surface area (Å²) in [6.07, 6.45) is 1.17. The van der Waals surface area contributed by atoms with Crippen molar-refractivity contribution in [3.63, 3.8) is 0 Å². The third-order valence-electron chi connectivity index (χ3n) is 3.54. The lowest BCUT2D eigenvalue weighted by Crippen LogP contribution is -2.54. The number of hydrogen-bond acceptors (Lipinski definition) is 4. The Kier molecular flexibility index (Phi) is 5.04. The van der Waals surface area contributed by atoms with Crippen LogP contribution >= 0.6 is 39.1 Å². The van der Waals surface area contributed by atoms with E-state index in [0.717, 1.165) is 4.90 Å². The summed E-state index contributed by atoms with van der Waals surface area (Å²) in [5.74, 6) is -2.00. The first-order valence-corrected chi connectivity index (χ1v) is 8.68. The second kappa shape index (κ2) is 7.11. The second-order valence-corrected chi connectivity index (χ2v) is 7.02. The normalized spacial score (nSPS) is 16.2. The van der Waals surface area contributed by atoms with Crippen LogP contribution in [0.3, 0.4) is 0 Å². The molecule has 1 aliphatic rings. The first kappa shape index (κ1) is 18.4. The molecule has 0 saturated carbocycles. The zero-order valence-corrected chi connectivity index (χ0v) is 15.9. The average Bonchev–Trinajstić information content (AvgIpc) is 2.57. The number of imide groups is 2. The van der Waals surface area contributed by atoms with E-state index in [4.69, 9.17) is 23.2 Å². The van der Waals surface area contributed by atoms with Crippen LogP contribution in [0, 0.1) is 0 Å². The topological polar surface area (TPSA) is 86.7 Å². The van der Waals surface area contributed by atoms with Crippen molar-refractivity contribution in [2.75, 3.05) is 4.90 Å². The van der Waals surface area contributed by atoms with Crippen LogP contribution in [0.4, 0.5) is 10.5 Å². The van der Waals surface area contributed by atoms with E-state index in [-0.39, 0.29) is 27.6 Å². The SMILES string of the molecule is O=C1NC(=O)N(c2ccc(Cl)cc2)C(=O)/C1=C\c1cc(Br)cc(Cl)c1O. The highest BCUT2D eigenvalue weighted by Crippen LogP contribution is 2.33. The van der Waals surface area contributed by atoms with Crippen LogP contribution in [0.5, 0.6) is 5.75 Å². The van der Waals surface area contributed by atoms with Gasteiger partial charge in [-0.05, 0) is 42.5 Å². The molecular weight excluding hydrogens is 447 g/mol. The van der Waals surface area contributed by atoms with E-state index >= 15 is 0 Å². The molecule has 0 bridgehead atoms. The number of nitrogens with one attached hydrogen (secondary N) is 1. The van der Waals surface area contributed by atoms with Crippen LogP contribution in [0.15, 0.2) is 46.4 Å². The predicted octanol–water partition coefficient (Wildman–Crippen LogP) is 4.13. The fraction of sp³-hybridized carbons (Fsp3) is 0. The van der Waals surface area contributed by atoms with Gasteiger partial charge in [0.15, 0.2) is 0 Å². The number of benzene rings is 2. The van der Waals surface area contributed by atoms with E-state index in [9.17, 15) is 19.5 Å². The Hall–Kier alpha value is -2.35. The lowest BCUT2D eigenvalue weighted by atomic mass is 10.1. The Morgan fingerprint density at radius 2 is 1.73 bits per heavy atom. The van der Waals surface area contributed by atoms with Gasteiger partial charge in [-0.1, -0.05) is 39.1 Å². The Bertz CT molecular complexity index is 973. The second-order valence-electron chi connectivity index (χ2n) is 5.26. The summed E-state index contributed by atoms with van der Waals surface area (Å²) in [4.78, 5) is 37.8. The number of rotatable bonds is 2. The van der Waals surface area contributed by atoms with Gasteiger partial charge < -0.3 is 5.11 Å². The summed E-state index contributed by atoms with van der Waals surface area (Å²) >= 11 is 14.9. The molecule has 2 aromatic carbocycles. The first-order chi connectivity index (χ1) is 12.3. The summed E-state index contributed by atoms with van der Waals surface area (Å²) in [7, 11) is 0. The molecule has 2 N–H and O–H groups in total. The number of carbonyl (C=O) groups excluding carboxylic acids is 3. The minimum absolute atomic E-state index is 0.0422. The molecule has 1 aliphatic heterocycles. The third-order valence-corrected chi connectivity index (χ3v) is 4.54. The molecule has 0 atom stereocenters. The fourth-order valence-corrected chi connectivity index (χ4v) is 3.29. The number of urea groups is 1. The lowest BCUT2D eigenvalue weighted by Gasteiger charge is -2.26. The molecule has 1 heterocycles. The van der Waals surface area contributed by atoms with Gasteiger partial charge in [0.25, 0.3) is 11.8 Å². The van der Waals surface area contributed by atoms with E-state index in [1.54, 1.807) is 0 Å². The molecular formula is C17H9BrCl2N2O4. The number of barbiturate groups is 1. The third kappa shape index (κ3) is 3.46. The first-order valence-electron chi connectivity index (χ1n) is 7.13. The van der Waals surface area contributed by atoms with Crippen LogP contribution in [0.2, 0.25) is 10.0 Å². The van der Waals surface area contributed by atoms with Gasteiger partial charge in [-0.3, -0.25) is 14.9 Å². The highest BCUT2D eigenvalue weighted by molar-refractivity contribution is 9.10. The lowest BCUT2D eigenvalue weighted by molar-refractivity contribution is -0.122. The molecule has 0 radical (unpaired) electrons. The summed E-state index contributed by atoms with van der Waals surface area (Å²) in [5.41, 5.74) is 0.0593. The van der Waals surface area contributed by atoms with Gasteiger partial charge in [0.2, 0.25) is 0 Å². The zero-order chi connectivity index (χ0) is 19.0. The molecule has 0 aromatic heterocycles. The van der Waals surface area contributed by atoms with Gasteiger partial charge in [-0.2, -0.15) is 0 Å². The molecule has 0 unspecified atom stereocenters. The maximum absolute atomic E-state index is 12.7. The molecule has 2 aromatic rings. The maximum Gasteiger partial charge on any atom is 0.335 e. The molecule has 6 nitrogen and oxygen atoms in total. The Labute approximate surface area is 166 Å². The molecule has 26 heavy (non-hydrogen) atoms. The molecule has 132 valence electrons. The minimum Gasteiger partial charge on any atom is -0.506 e. The smallest absolute Gasteiger partial charge is 0.335 e. The minimum atomic E-state index is -0.879. The molecule has 9 heteroatoms. The van der Waals surface area contributed by atoms with Gasteiger partial charge in [0, 0.05) is 15.1 Å². The van der Waals surface area contributed by atoms with E-state index in [2.05, 4.69) is 21.2 Å². The largest absolute Gasteiger partial charge is 0.506 e. The summed E-state index contributed by atoms with van der Waals surface area (Å²) < 4.78 is 0.543. The Balaban J connectivity index is 2.07. The van der Waals surface area contributed by atoms with Crippen molar-refractivity contribution in [3.8, 4) is 5.75 Å². The van der Waals surface area contributed by atoms with Crippen LogP contribution in [0.1, 0.15) is 5.56 Å². The number of aromatic hydroxyl groups is 1. The fourth-order valence-electron chi connectivity index (χ4n) is 2.33. The van der Waals surface area contributed by atoms with Crippen molar-refractivity contribution < 1.29 is 19.5 Å². The molecule has 1 saturated heterocycles. The summed E-state index contributed by atoms with van der Waals surface area (Å²) in [6, 6.07) is 8.04. The predicted molar refractivity (Wildman–Crippen MR) is 101 cm³/mol. The van der Waals surface area contributed by atoms with Crippen LogP contribution in [-0.4, -0.2) is 23.0 Å². The van der Waals surface area contributed by atoms with E-state index in [1.165, 1.54) is 42.5 Å². The number of nitrogens with zero attached hydrogens (tertiary/aromatic N) is 1. The maximum atomic E-state index is 12.7. The van der Waals surface area contributed by atoms with Gasteiger partial charge in [0.05, 0.1) is 10.7 Å². The zero-order valence-electron chi connectivity index (χ0n) is 12.8. The van der Waals surface area contributed by atoms with Crippen molar-refractivity contribution >= 4 is 68.7 Å². The number of halogens is 3. The van der Waals surface area contributed by atoms with E-state index in [0.29, 0.717) is 9.50 Å². The standard InChI is InChI=1S/C17H9BrCl2N2O4/c18-9-5-8(14(23)13(20)7-9)6-12-15(24)21-17(26)22(16(12)25)11-3-1-10(19)2-4-11/h1-7,23H,(H,21,24,26)/b12-6-. The highest BCUT2D eigenvalue weighted by atomic mass is 79.9. The quantitative estimate of drug-likeness (QED) is 0.526. The van der Waals surface area contributed by atoms with Crippen molar-refractivity contribution in [1.29, 1.82) is 0 Å². The van der Waals surface area contributed by atoms with Crippen molar-refractivity contribution in [2.24, 2.45) is 0 Å². The van der Waals surface area contributed by atoms with Gasteiger partial charge in [-0.15, -0.1) is 0 Å². The Morgan fingerprint density at radius 1 is 1.08 bits per heavy atom. The number of hydrogen-bond donors (Lipinski definition) is 2. The molecule has 0 spiro atoms. The highest BCUT2D eigenvalue weighted by Gasteiger charge is 2.37. The van der Waals surface area contributed by atoms with Crippen molar-refractivity contribution in [2.45, 2.75) is 0 Å². The van der Waals surface area contributed by atoms with Gasteiger partial charge in [-0.25, -0.2) is 9.69 Å². The molecule has 0 aliphatic carbocycles. The summed E-state index contributed by atoms with van der Waals surface area (Å²) in [5, 5.41) is 12.6. The van der Waals surface area contributed by atoms with Crippen LogP contribution in [-0.2, 0) is 9.59 Å². The van der Waals surface area contributed by atoms with E-state index < -0.39 is 17.8 Å². The van der Waals surface area contributed by atoms with E-state index in [1.807, 2.05) is 0 Å². The number of phenolic OH excluding ortho intramolecular Hbond substituents is 1. The monoisotopic (exact) mass is 454 g/mol. The Morgan fingerprint density at radius 3 is 2.38 bits per heavy atom. The number of amides is 4. The van der Waals surface area contributed by atoms with Gasteiger partial charge >= 0.3 is 6.03 Å². The number of carbonyl (C=O) groups is 3. The number of anilines is 1. The van der Waals surface area contributed by atoms with Crippen LogP contribution < -0.4 is 10.2 Å². The number of phenols is 1.